The van der Waals surface area contributed by atoms with Crippen LogP contribution < -0.4 is 5.32 Å². The molecule has 2 N–H and O–H groups in total. The minimum atomic E-state index is -0.122. The van der Waals surface area contributed by atoms with Crippen molar-refractivity contribution in [3.05, 3.63) is 59.1 Å². The lowest BCUT2D eigenvalue weighted by Gasteiger charge is -2.05. The lowest BCUT2D eigenvalue weighted by molar-refractivity contribution is -0.115. The van der Waals surface area contributed by atoms with E-state index in [-0.39, 0.29) is 18.1 Å². The average molecular weight is 262 g/mol. The van der Waals surface area contributed by atoms with Crippen LogP contribution >= 0.6 is 11.6 Å². The number of carbonyl (C=O) groups is 1. The fourth-order valence-electron chi connectivity index (χ4n) is 1.57. The summed E-state index contributed by atoms with van der Waals surface area (Å²) in [6.45, 7) is 0. The smallest absolute Gasteiger partial charge is 0.228 e. The van der Waals surface area contributed by atoms with E-state index in [1.165, 1.54) is 0 Å². The topological polar surface area (TPSA) is 49.3 Å². The SMILES string of the molecule is O=C(Cc1ccc(O)cc1)Nc1cccc(Cl)c1. The summed E-state index contributed by atoms with van der Waals surface area (Å²) in [6.07, 6.45) is 0.257. The highest BCUT2D eigenvalue weighted by Crippen LogP contribution is 2.15. The number of amides is 1. The molecule has 18 heavy (non-hydrogen) atoms. The Morgan fingerprint density at radius 1 is 1.17 bits per heavy atom. The van der Waals surface area contributed by atoms with E-state index in [1.54, 1.807) is 48.5 Å². The number of phenols is 1. The third-order valence-corrected chi connectivity index (χ3v) is 2.64. The van der Waals surface area contributed by atoms with Crippen molar-refractivity contribution < 1.29 is 9.90 Å². The first kappa shape index (κ1) is 12.5. The molecule has 0 spiro atoms. The Morgan fingerprint density at radius 3 is 2.56 bits per heavy atom. The van der Waals surface area contributed by atoms with Gasteiger partial charge in [-0.05, 0) is 35.9 Å². The first-order valence-corrected chi connectivity index (χ1v) is 5.84. The van der Waals surface area contributed by atoms with Crippen LogP contribution in [0.3, 0.4) is 0 Å². The molecule has 0 saturated carbocycles. The van der Waals surface area contributed by atoms with Gasteiger partial charge in [0.15, 0.2) is 0 Å². The molecule has 0 aromatic heterocycles. The van der Waals surface area contributed by atoms with Crippen LogP contribution in [-0.2, 0) is 11.2 Å². The molecule has 0 fully saturated rings. The molecular weight excluding hydrogens is 250 g/mol. The number of anilines is 1. The van der Waals surface area contributed by atoms with E-state index in [4.69, 9.17) is 16.7 Å². The summed E-state index contributed by atoms with van der Waals surface area (Å²) in [6, 6.07) is 13.5. The second-order valence-electron chi connectivity index (χ2n) is 3.90. The van der Waals surface area contributed by atoms with Crippen LogP contribution in [-0.4, -0.2) is 11.0 Å². The van der Waals surface area contributed by atoms with E-state index in [1.807, 2.05) is 0 Å². The zero-order chi connectivity index (χ0) is 13.0. The van der Waals surface area contributed by atoms with Crippen molar-refractivity contribution in [2.75, 3.05) is 5.32 Å². The van der Waals surface area contributed by atoms with Gasteiger partial charge in [0.1, 0.15) is 5.75 Å². The maximum Gasteiger partial charge on any atom is 0.228 e. The van der Waals surface area contributed by atoms with E-state index < -0.39 is 0 Å². The zero-order valence-corrected chi connectivity index (χ0v) is 10.3. The molecule has 0 aliphatic carbocycles. The van der Waals surface area contributed by atoms with Crippen molar-refractivity contribution in [3.8, 4) is 5.75 Å². The number of hydrogen-bond acceptors (Lipinski definition) is 2. The van der Waals surface area contributed by atoms with Crippen LogP contribution in [0.5, 0.6) is 5.75 Å². The highest BCUT2D eigenvalue weighted by atomic mass is 35.5. The molecule has 2 aromatic carbocycles. The average Bonchev–Trinajstić information content (AvgIpc) is 2.32. The normalized spacial score (nSPS) is 10.1. The van der Waals surface area contributed by atoms with E-state index in [9.17, 15) is 4.79 Å². The predicted molar refractivity (Wildman–Crippen MR) is 71.9 cm³/mol. The van der Waals surface area contributed by atoms with Gasteiger partial charge < -0.3 is 10.4 Å². The summed E-state index contributed by atoms with van der Waals surface area (Å²) in [5, 5.41) is 12.5. The van der Waals surface area contributed by atoms with E-state index >= 15 is 0 Å². The molecule has 0 aliphatic heterocycles. The lowest BCUT2D eigenvalue weighted by Crippen LogP contribution is -2.14. The summed E-state index contributed by atoms with van der Waals surface area (Å²) in [5.74, 6) is 0.0666. The number of benzene rings is 2. The van der Waals surface area contributed by atoms with Crippen LogP contribution in [0.1, 0.15) is 5.56 Å². The lowest BCUT2D eigenvalue weighted by atomic mass is 10.1. The van der Waals surface area contributed by atoms with Crippen molar-refractivity contribution in [1.82, 2.24) is 0 Å². The molecule has 0 saturated heterocycles. The third-order valence-electron chi connectivity index (χ3n) is 2.41. The maximum atomic E-state index is 11.8. The molecule has 0 atom stereocenters. The number of phenolic OH excluding ortho intramolecular Hbond substituents is 1. The second-order valence-corrected chi connectivity index (χ2v) is 4.34. The van der Waals surface area contributed by atoms with Crippen LogP contribution in [0.15, 0.2) is 48.5 Å². The Balaban J connectivity index is 1.98. The number of hydrogen-bond donors (Lipinski definition) is 2. The highest BCUT2D eigenvalue weighted by molar-refractivity contribution is 6.30. The van der Waals surface area contributed by atoms with Gasteiger partial charge in [-0.3, -0.25) is 4.79 Å². The van der Waals surface area contributed by atoms with Gasteiger partial charge in [-0.25, -0.2) is 0 Å². The number of rotatable bonds is 3. The van der Waals surface area contributed by atoms with Gasteiger partial charge in [0.25, 0.3) is 0 Å². The molecule has 3 nitrogen and oxygen atoms in total. The summed E-state index contributed by atoms with van der Waals surface area (Å²) in [4.78, 5) is 11.8. The zero-order valence-electron chi connectivity index (χ0n) is 9.56. The van der Waals surface area contributed by atoms with Crippen molar-refractivity contribution >= 4 is 23.2 Å². The Kier molecular flexibility index (Phi) is 3.85. The third kappa shape index (κ3) is 3.50. The Hall–Kier alpha value is -2.00. The minimum absolute atomic E-state index is 0.122. The van der Waals surface area contributed by atoms with E-state index in [0.717, 1.165) is 5.56 Å². The second kappa shape index (κ2) is 5.56. The first-order chi connectivity index (χ1) is 8.63. The first-order valence-electron chi connectivity index (χ1n) is 5.47. The van der Waals surface area contributed by atoms with Gasteiger partial charge in [-0.1, -0.05) is 29.8 Å². The van der Waals surface area contributed by atoms with Crippen molar-refractivity contribution in [2.45, 2.75) is 6.42 Å². The summed E-state index contributed by atoms with van der Waals surface area (Å²) in [7, 11) is 0. The fraction of sp³-hybridized carbons (Fsp3) is 0.0714. The summed E-state index contributed by atoms with van der Waals surface area (Å²) >= 11 is 5.83. The molecule has 1 amide bonds. The van der Waals surface area contributed by atoms with Crippen molar-refractivity contribution in [2.24, 2.45) is 0 Å². The highest BCUT2D eigenvalue weighted by Gasteiger charge is 2.04. The predicted octanol–water partition coefficient (Wildman–Crippen LogP) is 3.23. The Morgan fingerprint density at radius 2 is 1.89 bits per heavy atom. The summed E-state index contributed by atoms with van der Waals surface area (Å²) in [5.41, 5.74) is 1.51. The molecule has 0 bridgehead atoms. The van der Waals surface area contributed by atoms with Crippen LogP contribution in [0, 0.1) is 0 Å². The van der Waals surface area contributed by atoms with Crippen molar-refractivity contribution in [1.29, 1.82) is 0 Å². The van der Waals surface area contributed by atoms with Crippen LogP contribution in [0.25, 0.3) is 0 Å². The molecule has 2 rings (SSSR count). The molecule has 4 heteroatoms. The standard InChI is InChI=1S/C14H12ClNO2/c15-11-2-1-3-12(9-11)16-14(18)8-10-4-6-13(17)7-5-10/h1-7,9,17H,8H2,(H,16,18). The molecule has 0 heterocycles. The van der Waals surface area contributed by atoms with Gasteiger partial charge in [-0.15, -0.1) is 0 Å². The molecule has 0 radical (unpaired) electrons. The van der Waals surface area contributed by atoms with Crippen LogP contribution in [0.4, 0.5) is 5.69 Å². The summed E-state index contributed by atoms with van der Waals surface area (Å²) < 4.78 is 0. The largest absolute Gasteiger partial charge is 0.508 e. The molecule has 2 aromatic rings. The monoisotopic (exact) mass is 261 g/mol. The number of carbonyl (C=O) groups excluding carboxylic acids is 1. The van der Waals surface area contributed by atoms with Gasteiger partial charge in [0, 0.05) is 10.7 Å². The van der Waals surface area contributed by atoms with Crippen molar-refractivity contribution in [3.63, 3.8) is 0 Å². The number of nitrogens with one attached hydrogen (secondary N) is 1. The van der Waals surface area contributed by atoms with Gasteiger partial charge in [-0.2, -0.15) is 0 Å². The number of aromatic hydroxyl groups is 1. The Labute approximate surface area is 110 Å². The molecule has 0 unspecified atom stereocenters. The molecule has 92 valence electrons. The van der Waals surface area contributed by atoms with Gasteiger partial charge in [0.2, 0.25) is 5.91 Å². The minimum Gasteiger partial charge on any atom is -0.508 e. The van der Waals surface area contributed by atoms with Gasteiger partial charge in [0.05, 0.1) is 6.42 Å². The Bertz CT molecular complexity index is 552. The maximum absolute atomic E-state index is 11.8. The van der Waals surface area contributed by atoms with E-state index in [0.29, 0.717) is 10.7 Å². The fourth-order valence-corrected chi connectivity index (χ4v) is 1.76. The number of halogens is 1. The van der Waals surface area contributed by atoms with Gasteiger partial charge >= 0.3 is 0 Å². The van der Waals surface area contributed by atoms with Crippen LogP contribution in [0.2, 0.25) is 5.02 Å². The molecule has 0 aliphatic rings. The van der Waals surface area contributed by atoms with E-state index in [2.05, 4.69) is 5.32 Å². The quantitative estimate of drug-likeness (QED) is 0.891. The molecular formula is C14H12ClNO2.